The zero-order chi connectivity index (χ0) is 20.3. The van der Waals surface area contributed by atoms with Crippen LogP contribution in [0, 0.1) is 5.41 Å². The molecule has 0 bridgehead atoms. The molecule has 2 aromatic rings. The van der Waals surface area contributed by atoms with Crippen LogP contribution in [0.3, 0.4) is 0 Å². The Balaban J connectivity index is 1.74. The van der Waals surface area contributed by atoms with Crippen molar-refractivity contribution in [1.29, 1.82) is 0 Å². The second-order valence-corrected chi connectivity index (χ2v) is 7.81. The average Bonchev–Trinajstić information content (AvgIpc) is 2.66. The Labute approximate surface area is 165 Å². The summed E-state index contributed by atoms with van der Waals surface area (Å²) in [5.41, 5.74) is 2.00. The van der Waals surface area contributed by atoms with E-state index in [0.717, 1.165) is 5.69 Å². The fourth-order valence-corrected chi connectivity index (χ4v) is 3.24. The van der Waals surface area contributed by atoms with Gasteiger partial charge < -0.3 is 10.0 Å². The third-order valence-electron chi connectivity index (χ3n) is 4.80. The molecule has 0 unspecified atom stereocenters. The second-order valence-electron chi connectivity index (χ2n) is 7.81. The summed E-state index contributed by atoms with van der Waals surface area (Å²) < 4.78 is 0. The highest BCUT2D eigenvalue weighted by Crippen LogP contribution is 2.35. The van der Waals surface area contributed by atoms with Gasteiger partial charge in [-0.15, -0.1) is 0 Å². The number of carbonyl (C=O) groups is 2. The molecule has 2 aromatic carbocycles. The lowest BCUT2D eigenvalue weighted by molar-refractivity contribution is -0.117. The molecule has 5 nitrogen and oxygen atoms in total. The molecule has 0 fully saturated rings. The van der Waals surface area contributed by atoms with E-state index in [1.807, 2.05) is 44.2 Å². The minimum atomic E-state index is -0.231. The smallest absolute Gasteiger partial charge is 0.258 e. The zero-order valence-electron chi connectivity index (χ0n) is 16.3. The van der Waals surface area contributed by atoms with Gasteiger partial charge in [0.05, 0.1) is 11.3 Å². The number of amides is 1. The lowest BCUT2D eigenvalue weighted by atomic mass is 9.77. The molecule has 1 amide bonds. The van der Waals surface area contributed by atoms with E-state index in [4.69, 9.17) is 0 Å². The van der Waals surface area contributed by atoms with Crippen molar-refractivity contribution in [2.75, 3.05) is 11.9 Å². The second kappa shape index (κ2) is 7.80. The van der Waals surface area contributed by atoms with Gasteiger partial charge in [-0.3, -0.25) is 14.6 Å². The zero-order valence-corrected chi connectivity index (χ0v) is 16.3. The molecule has 0 radical (unpaired) electrons. The van der Waals surface area contributed by atoms with Gasteiger partial charge in [-0.05, 0) is 41.8 Å². The number of aliphatic imine (C=N–C) groups is 1. The lowest BCUT2D eigenvalue weighted by Gasteiger charge is -2.28. The van der Waals surface area contributed by atoms with Crippen molar-refractivity contribution in [3.63, 3.8) is 0 Å². The molecule has 28 heavy (non-hydrogen) atoms. The Kier molecular flexibility index (Phi) is 5.45. The van der Waals surface area contributed by atoms with E-state index >= 15 is 0 Å². The molecule has 144 valence electrons. The van der Waals surface area contributed by atoms with Gasteiger partial charge in [0.15, 0.2) is 5.78 Å². The first-order valence-electron chi connectivity index (χ1n) is 9.19. The number of ketones is 1. The number of aliphatic hydroxyl groups excluding tert-OH is 1. The number of carbonyl (C=O) groups excluding carboxylic acids is 2. The van der Waals surface area contributed by atoms with Gasteiger partial charge in [0, 0.05) is 37.4 Å². The molecule has 0 atom stereocenters. The molecule has 0 saturated heterocycles. The highest BCUT2D eigenvalue weighted by Gasteiger charge is 2.32. The summed E-state index contributed by atoms with van der Waals surface area (Å²) in [6.45, 7) is 3.91. The molecule has 0 saturated carbocycles. The SMILES string of the molecule is CN(C(=O)c1ccc(N=CC2=C(O)CC(C)(C)CC2=O)cc1)c1ccccc1. The molecule has 5 heteroatoms. The van der Waals surface area contributed by atoms with Gasteiger partial charge in [-0.25, -0.2) is 0 Å². The molecule has 0 aromatic heterocycles. The number of para-hydroxylation sites is 1. The van der Waals surface area contributed by atoms with Crippen LogP contribution < -0.4 is 4.90 Å². The summed E-state index contributed by atoms with van der Waals surface area (Å²) >= 11 is 0. The number of aliphatic hydroxyl groups is 1. The normalized spacial score (nSPS) is 16.5. The summed E-state index contributed by atoms with van der Waals surface area (Å²) in [5, 5.41) is 10.2. The summed E-state index contributed by atoms with van der Waals surface area (Å²) in [6, 6.07) is 16.3. The van der Waals surface area contributed by atoms with E-state index in [1.165, 1.54) is 6.21 Å². The molecule has 0 heterocycles. The fraction of sp³-hybridized carbons (Fsp3) is 0.261. The number of nitrogens with zero attached hydrogens (tertiary/aromatic N) is 2. The molecular weight excluding hydrogens is 352 g/mol. The van der Waals surface area contributed by atoms with Crippen molar-refractivity contribution in [2.24, 2.45) is 10.4 Å². The van der Waals surface area contributed by atoms with Crippen LogP contribution in [-0.4, -0.2) is 30.1 Å². The Morgan fingerprint density at radius 1 is 1.07 bits per heavy atom. The van der Waals surface area contributed by atoms with Crippen molar-refractivity contribution < 1.29 is 14.7 Å². The molecule has 0 spiro atoms. The molecule has 0 aliphatic heterocycles. The van der Waals surface area contributed by atoms with Gasteiger partial charge in [0.2, 0.25) is 0 Å². The number of hydrogen-bond acceptors (Lipinski definition) is 4. The number of hydrogen-bond donors (Lipinski definition) is 1. The van der Waals surface area contributed by atoms with Crippen LogP contribution in [-0.2, 0) is 4.79 Å². The minimum absolute atomic E-state index is 0.0845. The first kappa shape index (κ1) is 19.5. The van der Waals surface area contributed by atoms with Gasteiger partial charge in [-0.1, -0.05) is 32.0 Å². The van der Waals surface area contributed by atoms with Gasteiger partial charge >= 0.3 is 0 Å². The Morgan fingerprint density at radius 3 is 2.32 bits per heavy atom. The molecular formula is C23H24N2O3. The lowest BCUT2D eigenvalue weighted by Crippen LogP contribution is -2.26. The topological polar surface area (TPSA) is 70.0 Å². The van der Waals surface area contributed by atoms with E-state index in [2.05, 4.69) is 4.99 Å². The first-order chi connectivity index (χ1) is 13.3. The maximum Gasteiger partial charge on any atom is 0.258 e. The van der Waals surface area contributed by atoms with Gasteiger partial charge in [-0.2, -0.15) is 0 Å². The van der Waals surface area contributed by atoms with Crippen LogP contribution in [0.15, 0.2) is 70.9 Å². The number of benzene rings is 2. The Hall–Kier alpha value is -3.21. The maximum atomic E-state index is 12.6. The van der Waals surface area contributed by atoms with Crippen molar-refractivity contribution in [3.05, 3.63) is 71.5 Å². The van der Waals surface area contributed by atoms with Crippen LogP contribution in [0.4, 0.5) is 11.4 Å². The Morgan fingerprint density at radius 2 is 1.71 bits per heavy atom. The summed E-state index contributed by atoms with van der Waals surface area (Å²) in [5.74, 6) is -0.137. The van der Waals surface area contributed by atoms with Crippen molar-refractivity contribution in [2.45, 2.75) is 26.7 Å². The average molecular weight is 376 g/mol. The summed E-state index contributed by atoms with van der Waals surface area (Å²) in [4.78, 5) is 30.7. The standard InChI is InChI=1S/C23H24N2O3/c1-23(2)13-20(26)19(21(27)14-23)15-24-17-11-9-16(10-12-17)22(28)25(3)18-7-5-4-6-8-18/h4-12,15,26H,13-14H2,1-3H3. The maximum absolute atomic E-state index is 12.6. The highest BCUT2D eigenvalue weighted by atomic mass is 16.3. The van der Waals surface area contributed by atoms with Crippen molar-refractivity contribution in [1.82, 2.24) is 0 Å². The predicted molar refractivity (Wildman–Crippen MR) is 111 cm³/mol. The van der Waals surface area contributed by atoms with E-state index in [1.54, 1.807) is 36.2 Å². The minimum Gasteiger partial charge on any atom is -0.511 e. The van der Waals surface area contributed by atoms with Crippen LogP contribution in [0.25, 0.3) is 0 Å². The summed E-state index contributed by atoms with van der Waals surface area (Å²) in [6.07, 6.45) is 2.26. The number of anilines is 1. The van der Waals surface area contributed by atoms with Crippen LogP contribution >= 0.6 is 0 Å². The van der Waals surface area contributed by atoms with Crippen molar-refractivity contribution >= 4 is 29.3 Å². The van der Waals surface area contributed by atoms with E-state index < -0.39 is 0 Å². The van der Waals surface area contributed by atoms with E-state index in [-0.39, 0.29) is 28.4 Å². The van der Waals surface area contributed by atoms with Crippen LogP contribution in [0.2, 0.25) is 0 Å². The molecule has 1 aliphatic carbocycles. The van der Waals surface area contributed by atoms with E-state index in [0.29, 0.717) is 24.1 Å². The van der Waals surface area contributed by atoms with Crippen molar-refractivity contribution in [3.8, 4) is 0 Å². The van der Waals surface area contributed by atoms with Gasteiger partial charge in [0.1, 0.15) is 5.76 Å². The number of allylic oxidation sites excluding steroid dienone is 2. The molecule has 1 aliphatic rings. The quantitative estimate of drug-likeness (QED) is 0.774. The predicted octanol–water partition coefficient (Wildman–Crippen LogP) is 4.87. The largest absolute Gasteiger partial charge is 0.511 e. The monoisotopic (exact) mass is 376 g/mol. The third kappa shape index (κ3) is 4.36. The molecule has 3 rings (SSSR count). The number of Topliss-reactive ketones (excluding diaryl/α,β-unsaturated/α-hetero) is 1. The summed E-state index contributed by atoms with van der Waals surface area (Å²) in [7, 11) is 1.73. The molecule has 1 N–H and O–H groups in total. The van der Waals surface area contributed by atoms with Crippen LogP contribution in [0.1, 0.15) is 37.0 Å². The third-order valence-corrected chi connectivity index (χ3v) is 4.80. The van der Waals surface area contributed by atoms with E-state index in [9.17, 15) is 14.7 Å². The number of rotatable bonds is 4. The van der Waals surface area contributed by atoms with Gasteiger partial charge in [0.25, 0.3) is 5.91 Å². The highest BCUT2D eigenvalue weighted by molar-refractivity contribution is 6.15. The first-order valence-corrected chi connectivity index (χ1v) is 9.19. The Bertz CT molecular complexity index is 942. The van der Waals surface area contributed by atoms with Crippen LogP contribution in [0.5, 0.6) is 0 Å². The fourth-order valence-electron chi connectivity index (χ4n) is 3.24.